The number of hydrogen-bond donors (Lipinski definition) is 2. The van der Waals surface area contributed by atoms with Crippen LogP contribution in [0.15, 0.2) is 60.8 Å². The lowest BCUT2D eigenvalue weighted by Gasteiger charge is -2.20. The van der Waals surface area contributed by atoms with Gasteiger partial charge in [0, 0.05) is 29.1 Å². The number of aromatic nitrogens is 1. The van der Waals surface area contributed by atoms with Gasteiger partial charge < -0.3 is 19.8 Å². The van der Waals surface area contributed by atoms with Gasteiger partial charge in [-0.2, -0.15) is 0 Å². The molecule has 0 spiro atoms. The van der Waals surface area contributed by atoms with Crippen molar-refractivity contribution in [3.8, 4) is 0 Å². The van der Waals surface area contributed by atoms with E-state index in [-0.39, 0.29) is 24.7 Å². The summed E-state index contributed by atoms with van der Waals surface area (Å²) in [6, 6.07) is 15.3. The smallest absolute Gasteiger partial charge is 0.407 e. The Balaban J connectivity index is 1.75. The van der Waals surface area contributed by atoms with E-state index < -0.39 is 24.2 Å². The molecule has 168 valence electrons. The second-order valence-electron chi connectivity index (χ2n) is 8.06. The largest absolute Gasteiger partial charge is 0.453 e. The van der Waals surface area contributed by atoms with Crippen LogP contribution in [0.5, 0.6) is 0 Å². The van der Waals surface area contributed by atoms with E-state index in [1.54, 1.807) is 36.5 Å². The Morgan fingerprint density at radius 1 is 0.969 bits per heavy atom. The molecule has 1 amide bonds. The van der Waals surface area contributed by atoms with Gasteiger partial charge in [0.1, 0.15) is 6.04 Å². The monoisotopic (exact) mass is 436 g/mol. The summed E-state index contributed by atoms with van der Waals surface area (Å²) < 4.78 is 10.6. The van der Waals surface area contributed by atoms with Gasteiger partial charge in [-0.05, 0) is 24.5 Å². The molecular weight excluding hydrogens is 408 g/mol. The van der Waals surface area contributed by atoms with Crippen molar-refractivity contribution in [3.05, 3.63) is 71.9 Å². The number of amides is 1. The third kappa shape index (κ3) is 5.97. The molecule has 0 aliphatic carbocycles. The average Bonchev–Trinajstić information content (AvgIpc) is 3.20. The molecular formula is C25H28N2O5. The van der Waals surface area contributed by atoms with Gasteiger partial charge in [0.2, 0.25) is 5.78 Å². The minimum absolute atomic E-state index is 0.156. The second kappa shape index (κ2) is 10.6. The van der Waals surface area contributed by atoms with Crippen LogP contribution in [0, 0.1) is 5.92 Å². The number of H-pyrrole nitrogens is 1. The van der Waals surface area contributed by atoms with Gasteiger partial charge in [-0.1, -0.05) is 62.4 Å². The molecule has 1 aromatic heterocycles. The zero-order chi connectivity index (χ0) is 23.1. The minimum Gasteiger partial charge on any atom is -0.453 e. The van der Waals surface area contributed by atoms with E-state index in [4.69, 9.17) is 9.47 Å². The van der Waals surface area contributed by atoms with Crippen molar-refractivity contribution in [3.63, 3.8) is 0 Å². The summed E-state index contributed by atoms with van der Waals surface area (Å²) in [5, 5.41) is 3.54. The van der Waals surface area contributed by atoms with Crippen molar-refractivity contribution in [2.75, 3.05) is 6.61 Å². The maximum atomic E-state index is 13.0. The van der Waals surface area contributed by atoms with Crippen LogP contribution in [0.3, 0.4) is 0 Å². The molecule has 7 heteroatoms. The summed E-state index contributed by atoms with van der Waals surface area (Å²) in [5.74, 6) is -0.857. The number of nitrogens with one attached hydrogen (secondary N) is 2. The van der Waals surface area contributed by atoms with Crippen molar-refractivity contribution < 1.29 is 23.9 Å². The van der Waals surface area contributed by atoms with E-state index in [0.717, 1.165) is 16.5 Å². The molecule has 3 aromatic rings. The van der Waals surface area contributed by atoms with Gasteiger partial charge in [-0.15, -0.1) is 0 Å². The molecule has 0 saturated carbocycles. The Labute approximate surface area is 187 Å². The fourth-order valence-electron chi connectivity index (χ4n) is 3.29. The third-order valence-electron chi connectivity index (χ3n) is 4.94. The number of rotatable bonds is 9. The molecule has 2 N–H and O–H groups in total. The maximum absolute atomic E-state index is 13.0. The standard InChI is InChI=1S/C25H28N2O5/c1-16(2)15-31-25(30)27-22(13-19-14-26-21-12-8-7-11-20(19)21)24(29)32-17(3)23(28)18-9-5-4-6-10-18/h4-12,14,16-17,22,26H,13,15H2,1-3H3,(H,27,30)/t17-,22-/m0/s1. The Hall–Kier alpha value is -3.61. The summed E-state index contributed by atoms with van der Waals surface area (Å²) in [5.41, 5.74) is 2.21. The molecule has 0 saturated heterocycles. The van der Waals surface area contributed by atoms with Crippen LogP contribution in [0.2, 0.25) is 0 Å². The maximum Gasteiger partial charge on any atom is 0.407 e. The lowest BCUT2D eigenvalue weighted by Crippen LogP contribution is -2.45. The number of carbonyl (C=O) groups is 3. The number of aromatic amines is 1. The Kier molecular flexibility index (Phi) is 7.65. The quantitative estimate of drug-likeness (QED) is 0.386. The molecule has 0 bridgehead atoms. The summed E-state index contributed by atoms with van der Waals surface area (Å²) in [6.45, 7) is 5.58. The summed E-state index contributed by atoms with van der Waals surface area (Å²) >= 11 is 0. The van der Waals surface area contributed by atoms with Gasteiger partial charge >= 0.3 is 12.1 Å². The van der Waals surface area contributed by atoms with Gasteiger partial charge in [-0.25, -0.2) is 9.59 Å². The number of esters is 1. The number of alkyl carbamates (subject to hydrolysis) is 1. The lowest BCUT2D eigenvalue weighted by molar-refractivity contribution is -0.148. The molecule has 0 radical (unpaired) electrons. The van der Waals surface area contributed by atoms with Crippen molar-refractivity contribution in [2.24, 2.45) is 5.92 Å². The van der Waals surface area contributed by atoms with Gasteiger partial charge in [-0.3, -0.25) is 4.79 Å². The molecule has 32 heavy (non-hydrogen) atoms. The first-order chi connectivity index (χ1) is 15.3. The fourth-order valence-corrected chi connectivity index (χ4v) is 3.29. The highest BCUT2D eigenvalue weighted by Crippen LogP contribution is 2.20. The first-order valence-electron chi connectivity index (χ1n) is 10.6. The Morgan fingerprint density at radius 3 is 2.38 bits per heavy atom. The van der Waals surface area contributed by atoms with E-state index >= 15 is 0 Å². The van der Waals surface area contributed by atoms with Gasteiger partial charge in [0.15, 0.2) is 6.10 Å². The predicted octanol–water partition coefficient (Wildman–Crippen LogP) is 4.28. The lowest BCUT2D eigenvalue weighted by atomic mass is 10.0. The fraction of sp³-hybridized carbons (Fsp3) is 0.320. The van der Waals surface area contributed by atoms with Crippen LogP contribution in [-0.2, 0) is 20.7 Å². The van der Waals surface area contributed by atoms with Crippen molar-refractivity contribution >= 4 is 28.7 Å². The Bertz CT molecular complexity index is 1070. The van der Waals surface area contributed by atoms with E-state index in [1.165, 1.54) is 6.92 Å². The van der Waals surface area contributed by atoms with Gasteiger partial charge in [0.05, 0.1) is 6.61 Å². The molecule has 0 unspecified atom stereocenters. The number of para-hydroxylation sites is 1. The summed E-state index contributed by atoms with van der Waals surface area (Å²) in [7, 11) is 0. The zero-order valence-corrected chi connectivity index (χ0v) is 18.5. The molecule has 7 nitrogen and oxygen atoms in total. The Morgan fingerprint density at radius 2 is 1.66 bits per heavy atom. The average molecular weight is 437 g/mol. The molecule has 2 aromatic carbocycles. The second-order valence-corrected chi connectivity index (χ2v) is 8.06. The highest BCUT2D eigenvalue weighted by molar-refractivity contribution is 6.00. The highest BCUT2D eigenvalue weighted by Gasteiger charge is 2.28. The van der Waals surface area contributed by atoms with E-state index in [0.29, 0.717) is 5.56 Å². The van der Waals surface area contributed by atoms with Crippen LogP contribution in [0.1, 0.15) is 36.7 Å². The first-order valence-corrected chi connectivity index (χ1v) is 10.6. The summed E-state index contributed by atoms with van der Waals surface area (Å²) in [6.07, 6.45) is 0.280. The number of benzene rings is 2. The van der Waals surface area contributed by atoms with Crippen LogP contribution < -0.4 is 5.32 Å². The van der Waals surface area contributed by atoms with E-state index in [2.05, 4.69) is 10.3 Å². The number of hydrogen-bond acceptors (Lipinski definition) is 5. The molecule has 0 aliphatic heterocycles. The van der Waals surface area contributed by atoms with Crippen LogP contribution in [-0.4, -0.2) is 41.6 Å². The van der Waals surface area contributed by atoms with E-state index in [1.807, 2.05) is 38.1 Å². The van der Waals surface area contributed by atoms with Crippen LogP contribution >= 0.6 is 0 Å². The zero-order valence-electron chi connectivity index (χ0n) is 18.5. The minimum atomic E-state index is -1.01. The number of ether oxygens (including phenoxy) is 2. The summed E-state index contributed by atoms with van der Waals surface area (Å²) in [4.78, 5) is 41.0. The first kappa shape index (κ1) is 23.1. The topological polar surface area (TPSA) is 97.5 Å². The van der Waals surface area contributed by atoms with Crippen molar-refractivity contribution in [1.82, 2.24) is 10.3 Å². The number of carbonyl (C=O) groups excluding carboxylic acids is 3. The van der Waals surface area contributed by atoms with Crippen molar-refractivity contribution in [1.29, 1.82) is 0 Å². The van der Waals surface area contributed by atoms with Crippen LogP contribution in [0.25, 0.3) is 10.9 Å². The molecule has 0 aliphatic rings. The van der Waals surface area contributed by atoms with Crippen molar-refractivity contribution in [2.45, 2.75) is 39.3 Å². The number of Topliss-reactive ketones (excluding diaryl/α,β-unsaturated/α-hetero) is 1. The normalized spacial score (nSPS) is 12.9. The molecule has 0 fully saturated rings. The SMILES string of the molecule is CC(C)COC(=O)N[C@@H](Cc1c[nH]c2ccccc12)C(=O)O[C@@H](C)C(=O)c1ccccc1. The van der Waals surface area contributed by atoms with Gasteiger partial charge in [0.25, 0.3) is 0 Å². The predicted molar refractivity (Wildman–Crippen MR) is 121 cm³/mol. The van der Waals surface area contributed by atoms with Crippen LogP contribution in [0.4, 0.5) is 4.79 Å². The molecule has 2 atom stereocenters. The number of fused-ring (bicyclic) bond motifs is 1. The van der Waals surface area contributed by atoms with E-state index in [9.17, 15) is 14.4 Å². The third-order valence-corrected chi connectivity index (χ3v) is 4.94. The molecule has 1 heterocycles. The molecule has 3 rings (SSSR count). The number of ketones is 1. The highest BCUT2D eigenvalue weighted by atomic mass is 16.6.